The maximum Gasteiger partial charge on any atom is 0.245 e. The van der Waals surface area contributed by atoms with E-state index in [9.17, 15) is 9.59 Å². The first-order valence-corrected chi connectivity index (χ1v) is 9.19. The average Bonchev–Trinajstić information content (AvgIpc) is 3.30. The maximum absolute atomic E-state index is 12.5. The standard InChI is InChI=1S/C20H24N6O3.2ClH/c1-14-8-18(24-29-14)23-19(27)12-25(2)20(28)17(21)9-16-11-26(13-22-16)10-15-6-4-3-5-7-15;;/h3-8,11,13,17H,9-10,12,21H2,1-2H3,(H,23,24,27);2*1H/t17-;;/m0../s1. The first kappa shape index (κ1) is 26.2. The summed E-state index contributed by atoms with van der Waals surface area (Å²) >= 11 is 0. The zero-order chi connectivity index (χ0) is 20.8. The number of hydrogen-bond donors (Lipinski definition) is 2. The molecule has 3 rings (SSSR count). The van der Waals surface area contributed by atoms with E-state index in [-0.39, 0.29) is 49.6 Å². The molecule has 31 heavy (non-hydrogen) atoms. The fourth-order valence-electron chi connectivity index (χ4n) is 2.89. The van der Waals surface area contributed by atoms with Crippen LogP contribution in [0.15, 0.2) is 53.4 Å². The number of amides is 2. The van der Waals surface area contributed by atoms with Gasteiger partial charge >= 0.3 is 0 Å². The predicted octanol–water partition coefficient (Wildman–Crippen LogP) is 2.04. The van der Waals surface area contributed by atoms with E-state index < -0.39 is 6.04 Å². The van der Waals surface area contributed by atoms with Gasteiger partial charge in [-0.15, -0.1) is 24.8 Å². The molecule has 9 nitrogen and oxygen atoms in total. The zero-order valence-electron chi connectivity index (χ0n) is 17.2. The Bertz CT molecular complexity index is 976. The molecule has 0 saturated heterocycles. The number of aromatic nitrogens is 3. The third-order valence-electron chi connectivity index (χ3n) is 4.29. The van der Waals surface area contributed by atoms with E-state index in [2.05, 4.69) is 15.5 Å². The molecule has 0 saturated carbocycles. The van der Waals surface area contributed by atoms with Crippen LogP contribution in [0.2, 0.25) is 0 Å². The minimum absolute atomic E-state index is 0. The molecule has 0 spiro atoms. The molecule has 0 unspecified atom stereocenters. The molecule has 11 heteroatoms. The van der Waals surface area contributed by atoms with Gasteiger partial charge in [0, 0.05) is 32.3 Å². The summed E-state index contributed by atoms with van der Waals surface area (Å²) in [5.41, 5.74) is 7.92. The molecule has 0 bridgehead atoms. The molecule has 2 aromatic heterocycles. The minimum atomic E-state index is -0.790. The first-order chi connectivity index (χ1) is 13.9. The highest BCUT2D eigenvalue weighted by molar-refractivity contribution is 5.94. The Labute approximate surface area is 192 Å². The van der Waals surface area contributed by atoms with Crippen molar-refractivity contribution in [1.82, 2.24) is 19.6 Å². The topological polar surface area (TPSA) is 119 Å². The van der Waals surface area contributed by atoms with Gasteiger partial charge in [-0.25, -0.2) is 4.98 Å². The second kappa shape index (κ2) is 12.1. The highest BCUT2D eigenvalue weighted by Crippen LogP contribution is 2.08. The summed E-state index contributed by atoms with van der Waals surface area (Å²) in [6, 6.07) is 10.8. The number of likely N-dealkylation sites (N-methyl/N-ethyl adjacent to an activating group) is 1. The predicted molar refractivity (Wildman–Crippen MR) is 121 cm³/mol. The Kier molecular flexibility index (Phi) is 10.2. The number of aryl methyl sites for hydroxylation is 1. The Morgan fingerprint density at radius 3 is 2.61 bits per heavy atom. The van der Waals surface area contributed by atoms with Crippen molar-refractivity contribution in [2.75, 3.05) is 18.9 Å². The molecule has 0 fully saturated rings. The highest BCUT2D eigenvalue weighted by atomic mass is 35.5. The summed E-state index contributed by atoms with van der Waals surface area (Å²) in [4.78, 5) is 30.2. The van der Waals surface area contributed by atoms with Crippen molar-refractivity contribution in [3.63, 3.8) is 0 Å². The van der Waals surface area contributed by atoms with Crippen molar-refractivity contribution in [2.45, 2.75) is 25.9 Å². The Morgan fingerprint density at radius 1 is 1.26 bits per heavy atom. The molecule has 168 valence electrons. The minimum Gasteiger partial charge on any atom is -0.360 e. The summed E-state index contributed by atoms with van der Waals surface area (Å²) in [7, 11) is 1.53. The van der Waals surface area contributed by atoms with Crippen molar-refractivity contribution in [3.05, 3.63) is 65.9 Å². The van der Waals surface area contributed by atoms with Crippen molar-refractivity contribution in [1.29, 1.82) is 0 Å². The molecule has 3 N–H and O–H groups in total. The van der Waals surface area contributed by atoms with Gasteiger partial charge in [-0.05, 0) is 12.5 Å². The number of imidazole rings is 1. The summed E-state index contributed by atoms with van der Waals surface area (Å²) < 4.78 is 6.83. The van der Waals surface area contributed by atoms with Crippen LogP contribution in [0.5, 0.6) is 0 Å². The van der Waals surface area contributed by atoms with Crippen LogP contribution < -0.4 is 11.1 Å². The lowest BCUT2D eigenvalue weighted by atomic mass is 10.1. The van der Waals surface area contributed by atoms with Crippen LogP contribution in [0.1, 0.15) is 17.0 Å². The number of carbonyl (C=O) groups is 2. The maximum atomic E-state index is 12.5. The fourth-order valence-corrected chi connectivity index (χ4v) is 2.89. The Balaban J connectivity index is 0.00000240. The number of carbonyl (C=O) groups excluding carboxylic acids is 2. The average molecular weight is 469 g/mol. The van der Waals surface area contributed by atoms with Crippen LogP contribution in [0.4, 0.5) is 5.82 Å². The molecule has 1 aromatic carbocycles. The number of nitrogens with zero attached hydrogens (tertiary/aromatic N) is 4. The molecule has 0 radical (unpaired) electrons. The number of anilines is 1. The van der Waals surface area contributed by atoms with E-state index in [1.807, 2.05) is 41.1 Å². The number of halogens is 2. The molecule has 3 aromatic rings. The molecular weight excluding hydrogens is 443 g/mol. The normalized spacial score (nSPS) is 11.1. The molecule has 2 amide bonds. The van der Waals surface area contributed by atoms with Crippen LogP contribution >= 0.6 is 24.8 Å². The van der Waals surface area contributed by atoms with Gasteiger partial charge < -0.3 is 25.0 Å². The lowest BCUT2D eigenvalue weighted by Crippen LogP contribution is -2.45. The van der Waals surface area contributed by atoms with Crippen LogP contribution in [-0.4, -0.2) is 51.1 Å². The number of nitrogens with one attached hydrogen (secondary N) is 1. The smallest absolute Gasteiger partial charge is 0.245 e. The highest BCUT2D eigenvalue weighted by Gasteiger charge is 2.21. The van der Waals surface area contributed by atoms with Gasteiger partial charge in [-0.3, -0.25) is 9.59 Å². The van der Waals surface area contributed by atoms with E-state index in [4.69, 9.17) is 10.3 Å². The van der Waals surface area contributed by atoms with Crippen molar-refractivity contribution in [3.8, 4) is 0 Å². The van der Waals surface area contributed by atoms with Gasteiger partial charge in [-0.1, -0.05) is 35.5 Å². The molecular formula is C20H26Cl2N6O3. The first-order valence-electron chi connectivity index (χ1n) is 9.19. The van der Waals surface area contributed by atoms with Gasteiger partial charge in [-0.2, -0.15) is 0 Å². The molecule has 0 aliphatic heterocycles. The lowest BCUT2D eigenvalue weighted by Gasteiger charge is -2.20. The van der Waals surface area contributed by atoms with Gasteiger partial charge in [0.2, 0.25) is 11.8 Å². The van der Waals surface area contributed by atoms with E-state index in [0.717, 1.165) is 11.3 Å². The van der Waals surface area contributed by atoms with Crippen LogP contribution in [0, 0.1) is 6.92 Å². The lowest BCUT2D eigenvalue weighted by molar-refractivity contribution is -0.134. The zero-order valence-corrected chi connectivity index (χ0v) is 18.9. The SMILES string of the molecule is Cc1cc(NC(=O)CN(C)C(=O)[C@@H](N)Cc2cn(Cc3ccccc3)cn2)no1.Cl.Cl. The number of hydrogen-bond acceptors (Lipinski definition) is 6. The number of nitrogens with two attached hydrogens (primary N) is 1. The van der Waals surface area contributed by atoms with Crippen LogP contribution in [0.3, 0.4) is 0 Å². The summed E-state index contributed by atoms with van der Waals surface area (Å²) in [6.07, 6.45) is 3.88. The van der Waals surface area contributed by atoms with E-state index in [0.29, 0.717) is 18.1 Å². The van der Waals surface area contributed by atoms with E-state index in [1.165, 1.54) is 11.9 Å². The Morgan fingerprint density at radius 2 is 1.97 bits per heavy atom. The van der Waals surface area contributed by atoms with Crippen molar-refractivity contribution in [2.24, 2.45) is 5.73 Å². The van der Waals surface area contributed by atoms with Crippen LogP contribution in [0.25, 0.3) is 0 Å². The molecule has 1 atom stereocenters. The quantitative estimate of drug-likeness (QED) is 0.521. The number of benzene rings is 1. The van der Waals surface area contributed by atoms with Crippen LogP contribution in [-0.2, 0) is 22.6 Å². The van der Waals surface area contributed by atoms with Crippen molar-refractivity contribution < 1.29 is 14.1 Å². The monoisotopic (exact) mass is 468 g/mol. The largest absolute Gasteiger partial charge is 0.360 e. The summed E-state index contributed by atoms with van der Waals surface area (Å²) in [5.74, 6) is 0.169. The van der Waals surface area contributed by atoms with Gasteiger partial charge in [0.15, 0.2) is 5.82 Å². The number of rotatable bonds is 8. The van der Waals surface area contributed by atoms with E-state index in [1.54, 1.807) is 19.3 Å². The van der Waals surface area contributed by atoms with Crippen molar-refractivity contribution >= 4 is 42.4 Å². The fraction of sp³-hybridized carbons (Fsp3) is 0.300. The third-order valence-corrected chi connectivity index (χ3v) is 4.29. The summed E-state index contributed by atoms with van der Waals surface area (Å²) in [5, 5.41) is 6.25. The molecule has 2 heterocycles. The third kappa shape index (κ3) is 7.71. The summed E-state index contributed by atoms with van der Waals surface area (Å²) in [6.45, 7) is 2.28. The molecule has 0 aliphatic rings. The van der Waals surface area contributed by atoms with E-state index >= 15 is 0 Å². The second-order valence-corrected chi connectivity index (χ2v) is 6.90. The Hall–Kier alpha value is -2.88. The van der Waals surface area contributed by atoms with Gasteiger partial charge in [0.05, 0.1) is 24.6 Å². The van der Waals surface area contributed by atoms with Gasteiger partial charge in [0.1, 0.15) is 5.76 Å². The second-order valence-electron chi connectivity index (χ2n) is 6.90. The molecule has 0 aliphatic carbocycles. The van der Waals surface area contributed by atoms with Gasteiger partial charge in [0.25, 0.3) is 0 Å².